The van der Waals surface area contributed by atoms with Gasteiger partial charge in [-0.1, -0.05) is 17.8 Å². The Morgan fingerprint density at radius 1 is 1.11 bits per heavy atom. The van der Waals surface area contributed by atoms with Crippen molar-refractivity contribution in [3.05, 3.63) is 74.4 Å². The topological polar surface area (TPSA) is 73.2 Å². The minimum absolute atomic E-state index is 0.0724. The number of aryl methyl sites for hydroxylation is 4. The summed E-state index contributed by atoms with van der Waals surface area (Å²) in [5.41, 5.74) is 4.75. The Bertz CT molecular complexity index is 1450. The molecule has 0 unspecified atom stereocenters. The van der Waals surface area contributed by atoms with Crippen LogP contribution in [0.3, 0.4) is 0 Å². The van der Waals surface area contributed by atoms with Gasteiger partial charge in [-0.25, -0.2) is 4.98 Å². The highest BCUT2D eigenvalue weighted by Gasteiger charge is 2.23. The van der Waals surface area contributed by atoms with E-state index in [-0.39, 0.29) is 17.2 Å². The standard InChI is InChI=1S/C27H27N3O3S2/c1-16-12-17(2)14-18(13-16)28-23(31)15-34-27-29-25-24(21-6-4-5-7-22(21)35-25)26(32)30(27)19-8-10-20(33-3)11-9-19/h8-14H,4-7,15H2,1-3H3,(H,28,31). The number of nitrogens with zero attached hydrogens (tertiary/aromatic N) is 2. The van der Waals surface area contributed by atoms with Crippen LogP contribution < -0.4 is 15.6 Å². The monoisotopic (exact) mass is 505 g/mol. The van der Waals surface area contributed by atoms with Crippen LogP contribution in [0.4, 0.5) is 5.69 Å². The molecule has 6 nitrogen and oxygen atoms in total. The lowest BCUT2D eigenvalue weighted by Gasteiger charge is -2.14. The molecule has 0 spiro atoms. The Kier molecular flexibility index (Phi) is 6.67. The summed E-state index contributed by atoms with van der Waals surface area (Å²) >= 11 is 2.90. The van der Waals surface area contributed by atoms with Crippen molar-refractivity contribution < 1.29 is 9.53 Å². The van der Waals surface area contributed by atoms with E-state index in [9.17, 15) is 9.59 Å². The van der Waals surface area contributed by atoms with Crippen molar-refractivity contribution in [3.8, 4) is 11.4 Å². The number of rotatable bonds is 6. The first-order valence-corrected chi connectivity index (χ1v) is 13.5. The number of aromatic nitrogens is 2. The van der Waals surface area contributed by atoms with Crippen molar-refractivity contribution in [1.29, 1.82) is 0 Å². The van der Waals surface area contributed by atoms with Gasteiger partial charge in [-0.05, 0) is 92.6 Å². The molecule has 4 aromatic rings. The second kappa shape index (κ2) is 9.87. The summed E-state index contributed by atoms with van der Waals surface area (Å²) in [5.74, 6) is 0.721. The molecule has 0 bridgehead atoms. The molecule has 0 saturated carbocycles. The van der Waals surface area contributed by atoms with Gasteiger partial charge in [0.25, 0.3) is 5.56 Å². The van der Waals surface area contributed by atoms with Crippen LogP contribution in [0.25, 0.3) is 15.9 Å². The van der Waals surface area contributed by atoms with Gasteiger partial charge in [-0.3, -0.25) is 14.2 Å². The normalized spacial score (nSPS) is 13.0. The lowest BCUT2D eigenvalue weighted by molar-refractivity contribution is -0.113. The minimum Gasteiger partial charge on any atom is -0.497 e. The van der Waals surface area contributed by atoms with Crippen LogP contribution in [0.5, 0.6) is 5.75 Å². The summed E-state index contributed by atoms with van der Waals surface area (Å²) in [6.45, 7) is 4.01. The van der Waals surface area contributed by atoms with Gasteiger partial charge in [0, 0.05) is 10.6 Å². The van der Waals surface area contributed by atoms with Gasteiger partial charge >= 0.3 is 0 Å². The number of benzene rings is 2. The molecule has 1 aliphatic carbocycles. The number of ether oxygens (including phenoxy) is 1. The van der Waals surface area contributed by atoms with E-state index < -0.39 is 0 Å². The van der Waals surface area contributed by atoms with Crippen molar-refractivity contribution >= 4 is 44.9 Å². The van der Waals surface area contributed by atoms with Crippen LogP contribution >= 0.6 is 23.1 Å². The van der Waals surface area contributed by atoms with E-state index >= 15 is 0 Å². The van der Waals surface area contributed by atoms with Gasteiger partial charge in [-0.2, -0.15) is 0 Å². The van der Waals surface area contributed by atoms with Gasteiger partial charge in [0.2, 0.25) is 5.91 Å². The highest BCUT2D eigenvalue weighted by atomic mass is 32.2. The molecular formula is C27H27N3O3S2. The third-order valence-electron chi connectivity index (χ3n) is 6.13. The molecule has 2 aromatic heterocycles. The predicted octanol–water partition coefficient (Wildman–Crippen LogP) is 5.68. The molecule has 2 heterocycles. The number of hydrogen-bond donors (Lipinski definition) is 1. The van der Waals surface area contributed by atoms with Crippen molar-refractivity contribution in [3.63, 3.8) is 0 Å². The van der Waals surface area contributed by atoms with Crippen molar-refractivity contribution in [2.75, 3.05) is 18.2 Å². The van der Waals surface area contributed by atoms with E-state index in [1.165, 1.54) is 16.6 Å². The fourth-order valence-electron chi connectivity index (χ4n) is 4.62. The highest BCUT2D eigenvalue weighted by Crippen LogP contribution is 2.35. The number of carbonyl (C=O) groups is 1. The number of thioether (sulfide) groups is 1. The van der Waals surface area contributed by atoms with E-state index in [1.54, 1.807) is 23.0 Å². The van der Waals surface area contributed by atoms with Crippen LogP contribution in [0.2, 0.25) is 0 Å². The van der Waals surface area contributed by atoms with Crippen LogP contribution in [0.1, 0.15) is 34.4 Å². The molecule has 1 amide bonds. The molecular weight excluding hydrogens is 478 g/mol. The van der Waals surface area contributed by atoms with Crippen LogP contribution in [0.15, 0.2) is 52.4 Å². The lowest BCUT2D eigenvalue weighted by atomic mass is 9.97. The zero-order valence-corrected chi connectivity index (χ0v) is 21.6. The molecule has 2 aromatic carbocycles. The summed E-state index contributed by atoms with van der Waals surface area (Å²) in [7, 11) is 1.61. The predicted molar refractivity (Wildman–Crippen MR) is 144 cm³/mol. The Labute approximate surface area is 212 Å². The van der Waals surface area contributed by atoms with E-state index in [1.807, 2.05) is 50.2 Å². The van der Waals surface area contributed by atoms with Gasteiger partial charge in [0.05, 0.1) is 23.9 Å². The molecule has 0 fully saturated rings. The Balaban J connectivity index is 1.51. The Morgan fingerprint density at radius 3 is 2.54 bits per heavy atom. The second-order valence-electron chi connectivity index (χ2n) is 8.84. The summed E-state index contributed by atoms with van der Waals surface area (Å²) in [6.07, 6.45) is 4.15. The Hall–Kier alpha value is -3.10. The van der Waals surface area contributed by atoms with E-state index in [2.05, 4.69) is 11.4 Å². The number of anilines is 1. The average molecular weight is 506 g/mol. The van der Waals surface area contributed by atoms with E-state index in [4.69, 9.17) is 9.72 Å². The second-order valence-corrected chi connectivity index (χ2v) is 10.9. The van der Waals surface area contributed by atoms with E-state index in [0.717, 1.165) is 58.3 Å². The number of methoxy groups -OCH3 is 1. The van der Waals surface area contributed by atoms with Gasteiger partial charge in [0.1, 0.15) is 10.6 Å². The van der Waals surface area contributed by atoms with Gasteiger partial charge in [-0.15, -0.1) is 11.3 Å². The highest BCUT2D eigenvalue weighted by molar-refractivity contribution is 7.99. The minimum atomic E-state index is -0.138. The maximum Gasteiger partial charge on any atom is 0.267 e. The number of carbonyl (C=O) groups excluding carboxylic acids is 1. The third-order valence-corrected chi connectivity index (χ3v) is 8.25. The zero-order valence-electron chi connectivity index (χ0n) is 20.0. The van der Waals surface area contributed by atoms with Crippen LogP contribution in [-0.2, 0) is 17.6 Å². The molecule has 35 heavy (non-hydrogen) atoms. The largest absolute Gasteiger partial charge is 0.497 e. The smallest absolute Gasteiger partial charge is 0.267 e. The molecule has 1 aliphatic rings. The zero-order chi connectivity index (χ0) is 24.5. The maximum atomic E-state index is 13.8. The average Bonchev–Trinajstić information content (AvgIpc) is 3.21. The summed E-state index contributed by atoms with van der Waals surface area (Å²) < 4.78 is 6.93. The molecule has 0 aliphatic heterocycles. The summed E-state index contributed by atoms with van der Waals surface area (Å²) in [4.78, 5) is 33.6. The lowest BCUT2D eigenvalue weighted by Crippen LogP contribution is -2.23. The number of fused-ring (bicyclic) bond motifs is 3. The first-order valence-electron chi connectivity index (χ1n) is 11.7. The Morgan fingerprint density at radius 2 is 1.83 bits per heavy atom. The van der Waals surface area contributed by atoms with Crippen molar-refractivity contribution in [1.82, 2.24) is 9.55 Å². The fourth-order valence-corrected chi connectivity index (χ4v) is 6.73. The fraction of sp³-hybridized carbons (Fsp3) is 0.296. The maximum absolute atomic E-state index is 13.8. The molecule has 1 N–H and O–H groups in total. The molecule has 5 rings (SSSR count). The quantitative estimate of drug-likeness (QED) is 0.270. The van der Waals surface area contributed by atoms with Crippen molar-refractivity contribution in [2.24, 2.45) is 0 Å². The number of amides is 1. The molecule has 0 atom stereocenters. The SMILES string of the molecule is COc1ccc(-n2c(SCC(=O)Nc3cc(C)cc(C)c3)nc3sc4c(c3c2=O)CCCC4)cc1. The molecule has 0 radical (unpaired) electrons. The number of hydrogen-bond acceptors (Lipinski definition) is 6. The summed E-state index contributed by atoms with van der Waals surface area (Å²) in [5, 5.41) is 4.21. The van der Waals surface area contributed by atoms with E-state index in [0.29, 0.717) is 16.6 Å². The molecule has 0 saturated heterocycles. The first-order chi connectivity index (χ1) is 16.9. The molecule has 8 heteroatoms. The van der Waals surface area contributed by atoms with Gasteiger partial charge < -0.3 is 10.1 Å². The number of nitrogens with one attached hydrogen (secondary N) is 1. The first kappa shape index (κ1) is 23.6. The third kappa shape index (κ3) is 4.86. The molecule has 180 valence electrons. The van der Waals surface area contributed by atoms with Crippen LogP contribution in [0, 0.1) is 13.8 Å². The van der Waals surface area contributed by atoms with Crippen LogP contribution in [-0.4, -0.2) is 28.3 Å². The van der Waals surface area contributed by atoms with Crippen molar-refractivity contribution in [2.45, 2.75) is 44.7 Å². The van der Waals surface area contributed by atoms with Gasteiger partial charge in [0.15, 0.2) is 5.16 Å². The number of thiophene rings is 1. The summed E-state index contributed by atoms with van der Waals surface area (Å²) in [6, 6.07) is 13.3.